The molecule has 5 heteroatoms. The molecule has 0 fully saturated rings. The standard InChI is InChI=1S/C14H11N3O2/c18-14(19)16-6-4-12-10(8-16)9-2-1-3-11-13(9)17(12)7-5-15-11/h1-5,7-8,15H,6H2,(H,18,19). The first kappa shape index (κ1) is 10.3. The highest BCUT2D eigenvalue weighted by atomic mass is 16.4. The maximum Gasteiger partial charge on any atom is 0.411 e. The normalized spacial score (nSPS) is 15.5. The molecule has 0 bridgehead atoms. The molecule has 0 saturated carbocycles. The molecule has 0 spiro atoms. The van der Waals surface area contributed by atoms with Crippen molar-refractivity contribution in [1.29, 1.82) is 0 Å². The maximum absolute atomic E-state index is 11.1. The summed E-state index contributed by atoms with van der Waals surface area (Å²) in [7, 11) is 0. The number of nitrogens with one attached hydrogen (secondary N) is 1. The van der Waals surface area contributed by atoms with E-state index in [0.29, 0.717) is 6.54 Å². The summed E-state index contributed by atoms with van der Waals surface area (Å²) in [6.45, 7) is 0.384. The van der Waals surface area contributed by atoms with Gasteiger partial charge in [0.25, 0.3) is 0 Å². The highest BCUT2D eigenvalue weighted by Gasteiger charge is 2.17. The number of hydrogen-bond acceptors (Lipinski definition) is 2. The van der Waals surface area contributed by atoms with E-state index in [0.717, 1.165) is 27.2 Å². The van der Waals surface area contributed by atoms with Gasteiger partial charge in [0.15, 0.2) is 0 Å². The predicted molar refractivity (Wildman–Crippen MR) is 73.8 cm³/mol. The minimum absolute atomic E-state index is 0.384. The van der Waals surface area contributed by atoms with Crippen LogP contribution in [0.1, 0.15) is 0 Å². The lowest BCUT2D eigenvalue weighted by atomic mass is 10.2. The second-order valence-corrected chi connectivity index (χ2v) is 4.60. The fraction of sp³-hybridized carbons (Fsp3) is 0.0714. The molecule has 0 saturated heterocycles. The maximum atomic E-state index is 11.1. The summed E-state index contributed by atoms with van der Waals surface area (Å²) < 4.78 is 2.10. The lowest BCUT2D eigenvalue weighted by molar-refractivity contribution is 0.171. The van der Waals surface area contributed by atoms with Crippen LogP contribution >= 0.6 is 0 Å². The summed E-state index contributed by atoms with van der Waals surface area (Å²) in [6.07, 6.45) is 6.58. The Kier molecular flexibility index (Phi) is 1.84. The number of fused-ring (bicyclic) bond motifs is 3. The van der Waals surface area contributed by atoms with Crippen molar-refractivity contribution in [2.24, 2.45) is 0 Å². The number of benzene rings is 1. The SMILES string of the molecule is O=C(O)N1C=c2c(n3c4c(cccc24)NC=C3)=CC1. The van der Waals surface area contributed by atoms with Gasteiger partial charge in [0, 0.05) is 35.7 Å². The van der Waals surface area contributed by atoms with Crippen LogP contribution in [0.3, 0.4) is 0 Å². The Morgan fingerprint density at radius 3 is 3.11 bits per heavy atom. The molecule has 1 amide bonds. The Morgan fingerprint density at radius 2 is 2.26 bits per heavy atom. The summed E-state index contributed by atoms with van der Waals surface area (Å²) in [4.78, 5) is 12.4. The molecule has 1 aromatic carbocycles. The first-order valence-corrected chi connectivity index (χ1v) is 6.03. The van der Waals surface area contributed by atoms with Crippen LogP contribution in [0.25, 0.3) is 29.4 Å². The van der Waals surface area contributed by atoms with E-state index in [4.69, 9.17) is 5.11 Å². The number of amides is 1. The van der Waals surface area contributed by atoms with Gasteiger partial charge in [-0.15, -0.1) is 0 Å². The van der Waals surface area contributed by atoms with E-state index >= 15 is 0 Å². The molecular formula is C14H11N3O2. The summed E-state index contributed by atoms with van der Waals surface area (Å²) in [5.41, 5.74) is 2.13. The first-order chi connectivity index (χ1) is 9.25. The molecule has 0 aliphatic carbocycles. The van der Waals surface area contributed by atoms with Crippen LogP contribution in [0.15, 0.2) is 24.4 Å². The van der Waals surface area contributed by atoms with Crippen LogP contribution in [0.2, 0.25) is 0 Å². The number of anilines is 1. The fourth-order valence-electron chi connectivity index (χ4n) is 2.75. The molecule has 94 valence electrons. The van der Waals surface area contributed by atoms with E-state index in [1.165, 1.54) is 4.90 Å². The first-order valence-electron chi connectivity index (χ1n) is 6.03. The fourth-order valence-corrected chi connectivity index (χ4v) is 2.75. The van der Waals surface area contributed by atoms with Gasteiger partial charge in [-0.25, -0.2) is 4.79 Å². The van der Waals surface area contributed by atoms with E-state index in [9.17, 15) is 4.79 Å². The number of nitrogens with zero attached hydrogens (tertiary/aromatic N) is 2. The number of carbonyl (C=O) groups is 1. The van der Waals surface area contributed by atoms with Gasteiger partial charge in [-0.1, -0.05) is 12.1 Å². The van der Waals surface area contributed by atoms with Crippen LogP contribution < -0.4 is 15.9 Å². The third-order valence-corrected chi connectivity index (χ3v) is 3.58. The van der Waals surface area contributed by atoms with Crippen LogP contribution in [0.4, 0.5) is 10.5 Å². The second kappa shape index (κ2) is 3.41. The van der Waals surface area contributed by atoms with Gasteiger partial charge in [0.05, 0.1) is 16.6 Å². The summed E-state index contributed by atoms with van der Waals surface area (Å²) >= 11 is 0. The molecular weight excluding hydrogens is 242 g/mol. The van der Waals surface area contributed by atoms with Crippen LogP contribution in [0.5, 0.6) is 0 Å². The largest absolute Gasteiger partial charge is 0.465 e. The average molecular weight is 253 g/mol. The molecule has 3 heterocycles. The number of aromatic nitrogens is 1. The number of carboxylic acid groups (broad SMARTS) is 1. The Hall–Kier alpha value is -2.69. The van der Waals surface area contributed by atoms with Gasteiger partial charge in [0.2, 0.25) is 0 Å². The van der Waals surface area contributed by atoms with E-state index in [2.05, 4.69) is 9.88 Å². The van der Waals surface area contributed by atoms with E-state index < -0.39 is 6.09 Å². The van der Waals surface area contributed by atoms with Crippen molar-refractivity contribution in [2.45, 2.75) is 0 Å². The smallest absolute Gasteiger partial charge is 0.411 e. The lowest BCUT2D eigenvalue weighted by Crippen LogP contribution is -2.38. The Bertz CT molecular complexity index is 861. The van der Waals surface area contributed by atoms with Gasteiger partial charge in [0.1, 0.15) is 0 Å². The molecule has 19 heavy (non-hydrogen) atoms. The molecule has 4 rings (SSSR count). The number of para-hydroxylation sites is 1. The number of hydrogen-bond donors (Lipinski definition) is 2. The number of rotatable bonds is 0. The second-order valence-electron chi connectivity index (χ2n) is 4.60. The zero-order valence-corrected chi connectivity index (χ0v) is 10.00. The van der Waals surface area contributed by atoms with Gasteiger partial charge >= 0.3 is 6.09 Å². The van der Waals surface area contributed by atoms with Crippen molar-refractivity contribution in [1.82, 2.24) is 9.47 Å². The molecule has 2 aromatic rings. The highest BCUT2D eigenvalue weighted by Crippen LogP contribution is 2.23. The third-order valence-electron chi connectivity index (χ3n) is 3.58. The van der Waals surface area contributed by atoms with Gasteiger partial charge < -0.3 is 15.0 Å². The van der Waals surface area contributed by atoms with Crippen molar-refractivity contribution >= 4 is 41.2 Å². The molecule has 2 aliphatic heterocycles. The quantitative estimate of drug-likeness (QED) is 0.736. The Balaban J connectivity index is 2.19. The average Bonchev–Trinajstić information content (AvgIpc) is 2.76. The topological polar surface area (TPSA) is 57.5 Å². The van der Waals surface area contributed by atoms with Crippen LogP contribution in [0, 0.1) is 0 Å². The lowest BCUT2D eigenvalue weighted by Gasteiger charge is -2.14. The van der Waals surface area contributed by atoms with Gasteiger partial charge in [-0.05, 0) is 12.1 Å². The minimum atomic E-state index is -0.928. The monoisotopic (exact) mass is 253 g/mol. The molecule has 2 aliphatic rings. The Labute approximate surface area is 108 Å². The van der Waals surface area contributed by atoms with Crippen molar-refractivity contribution in [3.63, 3.8) is 0 Å². The zero-order valence-electron chi connectivity index (χ0n) is 10.00. The van der Waals surface area contributed by atoms with Gasteiger partial charge in [-0.2, -0.15) is 0 Å². The van der Waals surface area contributed by atoms with Crippen molar-refractivity contribution in [2.75, 3.05) is 11.9 Å². The van der Waals surface area contributed by atoms with Crippen molar-refractivity contribution in [3.05, 3.63) is 35.0 Å². The highest BCUT2D eigenvalue weighted by molar-refractivity contribution is 5.96. The third kappa shape index (κ3) is 1.26. The zero-order chi connectivity index (χ0) is 13.0. The predicted octanol–water partition coefficient (Wildman–Crippen LogP) is 1.01. The Morgan fingerprint density at radius 1 is 1.37 bits per heavy atom. The van der Waals surface area contributed by atoms with E-state index in [1.54, 1.807) is 6.20 Å². The molecule has 0 atom stereocenters. The molecule has 0 radical (unpaired) electrons. The minimum Gasteiger partial charge on any atom is -0.465 e. The van der Waals surface area contributed by atoms with E-state index in [-0.39, 0.29) is 0 Å². The van der Waals surface area contributed by atoms with Gasteiger partial charge in [-0.3, -0.25) is 4.90 Å². The molecule has 5 nitrogen and oxygen atoms in total. The van der Waals surface area contributed by atoms with Crippen molar-refractivity contribution < 1.29 is 9.90 Å². The van der Waals surface area contributed by atoms with Crippen LogP contribution in [-0.4, -0.2) is 27.2 Å². The molecule has 0 unspecified atom stereocenters. The summed E-state index contributed by atoms with van der Waals surface area (Å²) in [5.74, 6) is 0. The van der Waals surface area contributed by atoms with Crippen molar-refractivity contribution in [3.8, 4) is 0 Å². The molecule has 1 aromatic heterocycles. The summed E-state index contributed by atoms with van der Waals surface area (Å²) in [5, 5.41) is 15.4. The summed E-state index contributed by atoms with van der Waals surface area (Å²) in [6, 6.07) is 6.01. The van der Waals surface area contributed by atoms with E-state index in [1.807, 2.05) is 36.7 Å². The van der Waals surface area contributed by atoms with Crippen LogP contribution in [-0.2, 0) is 0 Å². The molecule has 2 N–H and O–H groups in total.